The smallest absolute Gasteiger partial charge is 0.254 e. The largest absolute Gasteiger partial charge is 0.493 e. The van der Waals surface area contributed by atoms with Crippen LogP contribution < -0.4 is 14.2 Å². The summed E-state index contributed by atoms with van der Waals surface area (Å²) in [7, 11) is 6.22. The second-order valence-electron chi connectivity index (χ2n) is 5.32. The van der Waals surface area contributed by atoms with Crippen molar-refractivity contribution in [3.8, 4) is 17.2 Å². The van der Waals surface area contributed by atoms with Gasteiger partial charge in [-0.15, -0.1) is 0 Å². The zero-order chi connectivity index (χ0) is 18.6. The molecule has 0 fully saturated rings. The van der Waals surface area contributed by atoms with Gasteiger partial charge in [-0.3, -0.25) is 4.79 Å². The summed E-state index contributed by atoms with van der Waals surface area (Å²) in [6, 6.07) is 8.51. The summed E-state index contributed by atoms with van der Waals surface area (Å²) in [4.78, 5) is 14.3. The lowest BCUT2D eigenvalue weighted by Crippen LogP contribution is -2.26. The van der Waals surface area contributed by atoms with Crippen LogP contribution >= 0.6 is 23.2 Å². The van der Waals surface area contributed by atoms with E-state index in [-0.39, 0.29) is 5.91 Å². The van der Waals surface area contributed by atoms with Gasteiger partial charge in [0.15, 0.2) is 11.5 Å². The maximum absolute atomic E-state index is 12.8. The molecular weight excluding hydrogens is 365 g/mol. The van der Waals surface area contributed by atoms with Crippen LogP contribution in [0.2, 0.25) is 10.0 Å². The number of nitrogens with zero attached hydrogens (tertiary/aromatic N) is 1. The van der Waals surface area contributed by atoms with Crippen LogP contribution in [0.25, 0.3) is 0 Å². The molecule has 0 heterocycles. The van der Waals surface area contributed by atoms with Gasteiger partial charge in [-0.2, -0.15) is 0 Å². The molecule has 0 aliphatic heterocycles. The summed E-state index contributed by atoms with van der Waals surface area (Å²) in [5.41, 5.74) is 1.30. The number of amides is 1. The normalized spacial score (nSPS) is 10.3. The Hall–Kier alpha value is -2.11. The quantitative estimate of drug-likeness (QED) is 0.746. The van der Waals surface area contributed by atoms with Crippen molar-refractivity contribution in [1.82, 2.24) is 4.90 Å². The highest BCUT2D eigenvalue weighted by molar-refractivity contribution is 6.42. The highest BCUT2D eigenvalue weighted by Gasteiger charge is 2.19. The van der Waals surface area contributed by atoms with Crippen molar-refractivity contribution in [3.63, 3.8) is 0 Å². The molecule has 0 spiro atoms. The Morgan fingerprint density at radius 3 is 2.04 bits per heavy atom. The molecule has 134 valence electrons. The Labute approximate surface area is 157 Å². The van der Waals surface area contributed by atoms with E-state index >= 15 is 0 Å². The number of carbonyl (C=O) groups is 1. The first-order valence-corrected chi connectivity index (χ1v) is 8.16. The van der Waals surface area contributed by atoms with Crippen LogP contribution in [-0.4, -0.2) is 39.2 Å². The van der Waals surface area contributed by atoms with Gasteiger partial charge in [-0.1, -0.05) is 29.3 Å². The van der Waals surface area contributed by atoms with Crippen LogP contribution in [-0.2, 0) is 6.54 Å². The van der Waals surface area contributed by atoms with E-state index in [4.69, 9.17) is 37.4 Å². The molecule has 25 heavy (non-hydrogen) atoms. The van der Waals surface area contributed by atoms with Gasteiger partial charge in [-0.05, 0) is 29.8 Å². The molecule has 0 unspecified atom stereocenters. The molecule has 0 aliphatic carbocycles. The number of halogens is 2. The summed E-state index contributed by atoms with van der Waals surface area (Å²) in [6.07, 6.45) is 0. The first kappa shape index (κ1) is 19.2. The molecule has 2 aromatic carbocycles. The van der Waals surface area contributed by atoms with Gasteiger partial charge in [0, 0.05) is 19.2 Å². The van der Waals surface area contributed by atoms with Gasteiger partial charge in [0.05, 0.1) is 31.4 Å². The van der Waals surface area contributed by atoms with E-state index in [1.165, 1.54) is 21.3 Å². The van der Waals surface area contributed by atoms with E-state index in [0.29, 0.717) is 39.4 Å². The van der Waals surface area contributed by atoms with Gasteiger partial charge in [0.25, 0.3) is 5.91 Å². The van der Waals surface area contributed by atoms with Crippen molar-refractivity contribution in [2.75, 3.05) is 28.4 Å². The highest BCUT2D eigenvalue weighted by Crippen LogP contribution is 2.38. The van der Waals surface area contributed by atoms with E-state index in [1.807, 2.05) is 6.07 Å². The standard InChI is InChI=1S/C18H19Cl2NO4/c1-21(10-11-5-6-13(19)14(20)7-11)18(22)12-8-15(23-2)17(25-4)16(9-12)24-3/h5-9H,10H2,1-4H3. The molecule has 0 radical (unpaired) electrons. The molecule has 0 saturated carbocycles. The van der Waals surface area contributed by atoms with Crippen LogP contribution in [0.1, 0.15) is 15.9 Å². The predicted molar refractivity (Wildman–Crippen MR) is 98.4 cm³/mol. The number of hydrogen-bond donors (Lipinski definition) is 0. The predicted octanol–water partition coefficient (Wildman–Crippen LogP) is 4.29. The summed E-state index contributed by atoms with van der Waals surface area (Å²) < 4.78 is 15.8. The minimum absolute atomic E-state index is 0.190. The fraction of sp³-hybridized carbons (Fsp3) is 0.278. The number of ether oxygens (including phenoxy) is 3. The molecule has 7 heteroatoms. The molecule has 1 amide bonds. The topological polar surface area (TPSA) is 48.0 Å². The van der Waals surface area contributed by atoms with Gasteiger partial charge in [0.2, 0.25) is 5.75 Å². The Balaban J connectivity index is 2.28. The number of hydrogen-bond acceptors (Lipinski definition) is 4. The third-order valence-electron chi connectivity index (χ3n) is 3.66. The van der Waals surface area contributed by atoms with E-state index in [1.54, 1.807) is 36.2 Å². The summed E-state index contributed by atoms with van der Waals surface area (Å²) in [5.74, 6) is 1.10. The summed E-state index contributed by atoms with van der Waals surface area (Å²) >= 11 is 11.9. The lowest BCUT2D eigenvalue weighted by atomic mass is 10.1. The number of carbonyl (C=O) groups excluding carboxylic acids is 1. The van der Waals surface area contributed by atoms with Gasteiger partial charge >= 0.3 is 0 Å². The monoisotopic (exact) mass is 383 g/mol. The second kappa shape index (κ2) is 8.32. The minimum atomic E-state index is -0.190. The lowest BCUT2D eigenvalue weighted by molar-refractivity contribution is 0.0784. The van der Waals surface area contributed by atoms with Crippen LogP contribution in [0.4, 0.5) is 0 Å². The average molecular weight is 384 g/mol. The molecule has 0 saturated heterocycles. The van der Waals surface area contributed by atoms with Crippen LogP contribution in [0.3, 0.4) is 0 Å². The Morgan fingerprint density at radius 2 is 1.56 bits per heavy atom. The van der Waals surface area contributed by atoms with E-state index in [0.717, 1.165) is 5.56 Å². The van der Waals surface area contributed by atoms with Crippen molar-refractivity contribution >= 4 is 29.1 Å². The molecule has 2 rings (SSSR count). The van der Waals surface area contributed by atoms with Crippen molar-refractivity contribution in [2.24, 2.45) is 0 Å². The maximum atomic E-state index is 12.8. The molecule has 0 N–H and O–H groups in total. The maximum Gasteiger partial charge on any atom is 0.254 e. The first-order valence-electron chi connectivity index (χ1n) is 7.40. The second-order valence-corrected chi connectivity index (χ2v) is 6.14. The number of benzene rings is 2. The Bertz CT molecular complexity index is 755. The van der Waals surface area contributed by atoms with Crippen molar-refractivity contribution in [3.05, 3.63) is 51.5 Å². The summed E-state index contributed by atoms with van der Waals surface area (Å²) in [5, 5.41) is 0.928. The van der Waals surface area contributed by atoms with E-state index in [2.05, 4.69) is 0 Å². The third-order valence-corrected chi connectivity index (χ3v) is 4.40. The highest BCUT2D eigenvalue weighted by atomic mass is 35.5. The van der Waals surface area contributed by atoms with Gasteiger partial charge in [0.1, 0.15) is 0 Å². The fourth-order valence-electron chi connectivity index (χ4n) is 2.41. The fourth-order valence-corrected chi connectivity index (χ4v) is 2.73. The van der Waals surface area contributed by atoms with Crippen LogP contribution in [0.15, 0.2) is 30.3 Å². The Kier molecular flexibility index (Phi) is 6.39. The lowest BCUT2D eigenvalue weighted by Gasteiger charge is -2.19. The zero-order valence-corrected chi connectivity index (χ0v) is 15.9. The molecule has 5 nitrogen and oxygen atoms in total. The van der Waals surface area contributed by atoms with Crippen molar-refractivity contribution in [1.29, 1.82) is 0 Å². The summed E-state index contributed by atoms with van der Waals surface area (Å²) in [6.45, 7) is 0.381. The van der Waals surface area contributed by atoms with E-state index in [9.17, 15) is 4.79 Å². The van der Waals surface area contributed by atoms with Crippen LogP contribution in [0, 0.1) is 0 Å². The van der Waals surface area contributed by atoms with E-state index < -0.39 is 0 Å². The molecule has 0 aromatic heterocycles. The Morgan fingerprint density at radius 1 is 0.960 bits per heavy atom. The SMILES string of the molecule is COc1cc(C(=O)N(C)Cc2ccc(Cl)c(Cl)c2)cc(OC)c1OC. The minimum Gasteiger partial charge on any atom is -0.493 e. The molecule has 0 atom stereocenters. The molecule has 0 aliphatic rings. The first-order chi connectivity index (χ1) is 11.9. The number of methoxy groups -OCH3 is 3. The van der Waals surface area contributed by atoms with Crippen molar-refractivity contribution < 1.29 is 19.0 Å². The molecule has 0 bridgehead atoms. The van der Waals surface area contributed by atoms with Crippen LogP contribution in [0.5, 0.6) is 17.2 Å². The van der Waals surface area contributed by atoms with Gasteiger partial charge in [-0.25, -0.2) is 0 Å². The third kappa shape index (κ3) is 4.30. The molecule has 2 aromatic rings. The zero-order valence-electron chi connectivity index (χ0n) is 14.4. The van der Waals surface area contributed by atoms with Crippen molar-refractivity contribution in [2.45, 2.75) is 6.54 Å². The molecular formula is C18H19Cl2NO4. The number of rotatable bonds is 6. The average Bonchev–Trinajstić information content (AvgIpc) is 2.62. The van der Waals surface area contributed by atoms with Gasteiger partial charge < -0.3 is 19.1 Å².